The molecule has 0 spiro atoms. The Bertz CT molecular complexity index is 1130. The van der Waals surface area contributed by atoms with E-state index in [9.17, 15) is 19.2 Å². The third-order valence-corrected chi connectivity index (χ3v) is 10.5. The number of hydrogen-bond donors (Lipinski definition) is 1. The van der Waals surface area contributed by atoms with Gasteiger partial charge in [0, 0.05) is 47.4 Å². The molecule has 14 nitrogen and oxygen atoms in total. The summed E-state index contributed by atoms with van der Waals surface area (Å²) in [4.78, 5) is 48.6. The normalized spacial score (nSPS) is 40.1. The zero-order valence-electron chi connectivity index (χ0n) is 30.6. The topological polar surface area (TPSA) is 163 Å². The summed E-state index contributed by atoms with van der Waals surface area (Å²) in [6, 6.07) is -0.657. The maximum atomic E-state index is 12.6. The van der Waals surface area contributed by atoms with Crippen LogP contribution in [-0.2, 0) is 61.6 Å². The molecule has 17 atom stereocenters. The average molecular weight is 738 g/mol. The predicted octanol–water partition coefficient (Wildman–Crippen LogP) is 4.06. The van der Waals surface area contributed by atoms with Gasteiger partial charge in [-0.2, -0.15) is 0 Å². The van der Waals surface area contributed by atoms with E-state index in [1.54, 1.807) is 6.92 Å². The molecule has 0 saturated carbocycles. The minimum absolute atomic E-state index is 0.00600. The third-order valence-electron chi connectivity index (χ3n) is 9.63. The monoisotopic (exact) mass is 737 g/mol. The van der Waals surface area contributed by atoms with E-state index in [1.165, 1.54) is 27.7 Å². The highest BCUT2D eigenvalue weighted by Crippen LogP contribution is 2.47. The van der Waals surface area contributed by atoms with E-state index in [0.717, 1.165) is 6.42 Å². The van der Waals surface area contributed by atoms with E-state index < -0.39 is 99.1 Å². The van der Waals surface area contributed by atoms with Crippen molar-refractivity contribution in [2.75, 3.05) is 13.3 Å². The fourth-order valence-corrected chi connectivity index (χ4v) is 7.82. The van der Waals surface area contributed by atoms with Crippen molar-refractivity contribution in [3.63, 3.8) is 0 Å². The zero-order chi connectivity index (χ0) is 36.7. The fraction of sp³-hybridized carbons (Fsp3) is 0.879. The van der Waals surface area contributed by atoms with Crippen LogP contribution in [0.1, 0.15) is 82.1 Å². The number of carbonyl (C=O) groups excluding carboxylic acids is 4. The van der Waals surface area contributed by atoms with Gasteiger partial charge in [-0.15, -0.1) is 0 Å². The molecule has 0 radical (unpaired) electrons. The van der Waals surface area contributed by atoms with Crippen LogP contribution < -0.4 is 5.32 Å². The lowest BCUT2D eigenvalue weighted by Gasteiger charge is -2.51. The average Bonchev–Trinajstić information content (AvgIpc) is 3.00. The fourth-order valence-electron chi connectivity index (χ4n) is 6.96. The first-order valence-electron chi connectivity index (χ1n) is 17.2. The second kappa shape index (κ2) is 18.8. The smallest absolute Gasteiger partial charge is 0.303 e. The molecule has 3 rings (SSSR count). The van der Waals surface area contributed by atoms with Crippen molar-refractivity contribution in [2.24, 2.45) is 23.7 Å². The summed E-state index contributed by atoms with van der Waals surface area (Å²) in [5, 5.41) is 3.02. The van der Waals surface area contributed by atoms with Crippen LogP contribution in [0, 0.1) is 23.7 Å². The third kappa shape index (κ3) is 11.0. The Labute approximate surface area is 293 Å². The SMILES string of the molecule is CCC1OC(OP(C)P)[C@H](OC2OC(CC)[C@@H](OC3OC(COC(C)=O)[C@H](OC(C)=O)[C@H](C)[C@@H]3OC(C)=O)[C@H](C)[C@@H]2NC(C)=O)[C@@H](C)[C@@H]1C. The molecule has 1 N–H and O–H groups in total. The molecule has 3 fully saturated rings. The van der Waals surface area contributed by atoms with Crippen molar-refractivity contribution < 1.29 is 61.6 Å². The largest absolute Gasteiger partial charge is 0.463 e. The molecule has 3 heterocycles. The number of esters is 3. The van der Waals surface area contributed by atoms with Crippen molar-refractivity contribution in [1.82, 2.24) is 5.32 Å². The standard InChI is InChI=1S/C33H57NO13P2/c1-12-23-15(3)16(4)29(33(42-23)47-49(11)48)46-31-26(34-19(7)35)17(5)27(24(13-2)43-31)45-32-30(41-22(10)38)18(6)28(40-21(9)37)25(44-32)14-39-20(8)36/h15-18,23-33H,12-14,48H2,1-11H3,(H,34,35)/t15-,16-,17+,18-,23?,24?,25?,26-,27-,28+,29+,30-,31?,32?,33?,49?/m0/s1. The quantitative estimate of drug-likeness (QED) is 0.164. The maximum absolute atomic E-state index is 12.6. The lowest BCUT2D eigenvalue weighted by molar-refractivity contribution is -0.351. The molecule has 49 heavy (non-hydrogen) atoms. The van der Waals surface area contributed by atoms with Crippen LogP contribution in [0.5, 0.6) is 0 Å². The molecule has 3 aliphatic heterocycles. The van der Waals surface area contributed by atoms with Crippen molar-refractivity contribution in [3.05, 3.63) is 0 Å². The lowest BCUT2D eigenvalue weighted by Crippen LogP contribution is -2.65. The van der Waals surface area contributed by atoms with Gasteiger partial charge in [-0.3, -0.25) is 19.2 Å². The predicted molar refractivity (Wildman–Crippen MR) is 182 cm³/mol. The van der Waals surface area contributed by atoms with Crippen molar-refractivity contribution >= 4 is 40.6 Å². The Balaban J connectivity index is 1.94. The highest BCUT2D eigenvalue weighted by Gasteiger charge is 2.53. The summed E-state index contributed by atoms with van der Waals surface area (Å²) >= 11 is 0. The summed E-state index contributed by atoms with van der Waals surface area (Å²) in [5.74, 6) is -2.75. The van der Waals surface area contributed by atoms with E-state index in [0.29, 0.717) is 6.42 Å². The minimum atomic E-state index is -1.16. The minimum Gasteiger partial charge on any atom is -0.463 e. The molecule has 8 unspecified atom stereocenters. The van der Waals surface area contributed by atoms with Gasteiger partial charge in [-0.25, -0.2) is 0 Å². The highest BCUT2D eigenvalue weighted by molar-refractivity contribution is 8.10. The number of rotatable bonds is 13. The summed E-state index contributed by atoms with van der Waals surface area (Å²) in [5.41, 5.74) is 0. The number of nitrogens with one attached hydrogen (secondary N) is 1. The number of ether oxygens (including phenoxy) is 8. The molecule has 3 saturated heterocycles. The van der Waals surface area contributed by atoms with E-state index in [1.807, 2.05) is 20.5 Å². The Kier molecular flexibility index (Phi) is 16.1. The van der Waals surface area contributed by atoms with Crippen molar-refractivity contribution in [2.45, 2.75) is 150 Å². The van der Waals surface area contributed by atoms with Crippen molar-refractivity contribution in [3.8, 4) is 0 Å². The van der Waals surface area contributed by atoms with Gasteiger partial charge >= 0.3 is 17.9 Å². The van der Waals surface area contributed by atoms with Gasteiger partial charge in [-0.1, -0.05) is 50.5 Å². The maximum Gasteiger partial charge on any atom is 0.303 e. The molecular weight excluding hydrogens is 680 g/mol. The summed E-state index contributed by atoms with van der Waals surface area (Å²) < 4.78 is 55.4. The van der Waals surface area contributed by atoms with E-state index in [-0.39, 0.29) is 30.5 Å². The molecule has 0 aromatic carbocycles. The molecule has 282 valence electrons. The molecule has 1 amide bonds. The van der Waals surface area contributed by atoms with E-state index >= 15 is 0 Å². The van der Waals surface area contributed by atoms with E-state index in [4.69, 9.17) is 42.4 Å². The number of amides is 1. The van der Waals surface area contributed by atoms with Crippen LogP contribution in [0.25, 0.3) is 0 Å². The Morgan fingerprint density at radius 1 is 0.653 bits per heavy atom. The second-order valence-electron chi connectivity index (χ2n) is 13.4. The Morgan fingerprint density at radius 3 is 1.73 bits per heavy atom. The van der Waals surface area contributed by atoms with Crippen LogP contribution in [0.2, 0.25) is 0 Å². The molecule has 0 bridgehead atoms. The van der Waals surface area contributed by atoms with Gasteiger partial charge in [0.15, 0.2) is 25.0 Å². The first kappa shape index (κ1) is 41.9. The molecular formula is C33H57NO13P2. The first-order valence-corrected chi connectivity index (χ1v) is 20.5. The molecule has 3 aliphatic rings. The van der Waals surface area contributed by atoms with Crippen LogP contribution in [0.4, 0.5) is 0 Å². The van der Waals surface area contributed by atoms with Gasteiger partial charge in [0.1, 0.15) is 24.9 Å². The molecule has 16 heteroatoms. The molecule has 0 aliphatic carbocycles. The number of carbonyl (C=O) groups is 4. The number of hydrogen-bond acceptors (Lipinski definition) is 13. The van der Waals surface area contributed by atoms with Gasteiger partial charge in [0.05, 0.1) is 24.4 Å². The highest BCUT2D eigenvalue weighted by atomic mass is 32.0. The summed E-state index contributed by atoms with van der Waals surface area (Å²) in [6.45, 7) is 18.9. The van der Waals surface area contributed by atoms with Crippen LogP contribution >= 0.6 is 16.8 Å². The summed E-state index contributed by atoms with van der Waals surface area (Å²) in [6.07, 6.45) is -5.82. The zero-order valence-corrected chi connectivity index (χ0v) is 32.7. The van der Waals surface area contributed by atoms with Gasteiger partial charge in [0.25, 0.3) is 0 Å². The van der Waals surface area contributed by atoms with Gasteiger partial charge in [-0.05, 0) is 31.3 Å². The lowest BCUT2D eigenvalue weighted by atomic mass is 9.82. The first-order chi connectivity index (χ1) is 23.0. The van der Waals surface area contributed by atoms with Crippen LogP contribution in [-0.4, -0.2) is 105 Å². The molecule has 0 aromatic rings. The molecule has 0 aromatic heterocycles. The van der Waals surface area contributed by atoms with E-state index in [2.05, 4.69) is 35.0 Å². The Morgan fingerprint density at radius 2 is 1.20 bits per heavy atom. The van der Waals surface area contributed by atoms with Crippen molar-refractivity contribution in [1.29, 1.82) is 0 Å². The Hall–Kier alpha value is -1.50. The van der Waals surface area contributed by atoms with Gasteiger partial charge < -0.3 is 47.7 Å². The van der Waals surface area contributed by atoms with Gasteiger partial charge in [0.2, 0.25) is 5.91 Å². The van der Waals surface area contributed by atoms with Crippen LogP contribution in [0.3, 0.4) is 0 Å². The second-order valence-corrected chi connectivity index (χ2v) is 16.9. The van der Waals surface area contributed by atoms with Crippen LogP contribution in [0.15, 0.2) is 0 Å². The summed E-state index contributed by atoms with van der Waals surface area (Å²) in [7, 11) is 1.84.